The van der Waals surface area contributed by atoms with Gasteiger partial charge < -0.3 is 5.73 Å². The van der Waals surface area contributed by atoms with Crippen LogP contribution < -0.4 is 10.5 Å². The van der Waals surface area contributed by atoms with Crippen molar-refractivity contribution in [3.05, 3.63) is 53.6 Å². The SMILES string of the molecule is CCc1cccc(NS(=O)(=O)c2cccc(N)c2C)c1. The van der Waals surface area contributed by atoms with Crippen LogP contribution in [0.15, 0.2) is 47.4 Å². The Labute approximate surface area is 119 Å². The number of anilines is 2. The fourth-order valence-corrected chi connectivity index (χ4v) is 3.31. The van der Waals surface area contributed by atoms with E-state index >= 15 is 0 Å². The van der Waals surface area contributed by atoms with E-state index in [0.717, 1.165) is 12.0 Å². The normalized spacial score (nSPS) is 11.3. The average Bonchev–Trinajstić information content (AvgIpc) is 2.41. The van der Waals surface area contributed by atoms with Crippen molar-refractivity contribution in [2.45, 2.75) is 25.2 Å². The van der Waals surface area contributed by atoms with Crippen molar-refractivity contribution < 1.29 is 8.42 Å². The van der Waals surface area contributed by atoms with Crippen LogP contribution in [0.2, 0.25) is 0 Å². The standard InChI is InChI=1S/C15H18N2O2S/c1-3-12-6-4-7-13(10-12)17-20(18,19)15-9-5-8-14(16)11(15)2/h4-10,17H,3,16H2,1-2H3. The molecule has 4 nitrogen and oxygen atoms in total. The third-order valence-corrected chi connectivity index (χ3v) is 4.73. The molecule has 0 saturated carbocycles. The van der Waals surface area contributed by atoms with Gasteiger partial charge >= 0.3 is 0 Å². The summed E-state index contributed by atoms with van der Waals surface area (Å²) in [5.41, 5.74) is 8.43. The van der Waals surface area contributed by atoms with Crippen molar-refractivity contribution >= 4 is 21.4 Å². The molecule has 5 heteroatoms. The molecule has 0 fully saturated rings. The lowest BCUT2D eigenvalue weighted by molar-refractivity contribution is 0.600. The van der Waals surface area contributed by atoms with Crippen molar-refractivity contribution in [3.8, 4) is 0 Å². The molecule has 20 heavy (non-hydrogen) atoms. The molecule has 2 aromatic rings. The van der Waals surface area contributed by atoms with Crippen LogP contribution in [0.5, 0.6) is 0 Å². The van der Waals surface area contributed by atoms with Gasteiger partial charge in [0, 0.05) is 11.4 Å². The fraction of sp³-hybridized carbons (Fsp3) is 0.200. The number of benzene rings is 2. The quantitative estimate of drug-likeness (QED) is 0.850. The number of sulfonamides is 1. The second kappa shape index (κ2) is 5.54. The number of aryl methyl sites for hydroxylation is 1. The Morgan fingerprint density at radius 2 is 1.85 bits per heavy atom. The summed E-state index contributed by atoms with van der Waals surface area (Å²) < 4.78 is 27.4. The van der Waals surface area contributed by atoms with E-state index in [0.29, 0.717) is 16.9 Å². The highest BCUT2D eigenvalue weighted by molar-refractivity contribution is 7.92. The van der Waals surface area contributed by atoms with Crippen molar-refractivity contribution in [1.29, 1.82) is 0 Å². The van der Waals surface area contributed by atoms with Gasteiger partial charge in [0.15, 0.2) is 0 Å². The highest BCUT2D eigenvalue weighted by atomic mass is 32.2. The van der Waals surface area contributed by atoms with Gasteiger partial charge in [0.05, 0.1) is 4.90 Å². The molecule has 3 N–H and O–H groups in total. The van der Waals surface area contributed by atoms with Gasteiger partial charge in [-0.2, -0.15) is 0 Å². The predicted molar refractivity (Wildman–Crippen MR) is 82.2 cm³/mol. The maximum absolute atomic E-state index is 12.4. The third kappa shape index (κ3) is 2.93. The summed E-state index contributed by atoms with van der Waals surface area (Å²) in [6, 6.07) is 12.2. The zero-order chi connectivity index (χ0) is 14.8. The molecule has 0 aliphatic rings. The second-order valence-corrected chi connectivity index (χ2v) is 6.28. The summed E-state index contributed by atoms with van der Waals surface area (Å²) in [5, 5.41) is 0. The Balaban J connectivity index is 2.38. The molecule has 0 aliphatic heterocycles. The van der Waals surface area contributed by atoms with E-state index in [-0.39, 0.29) is 4.90 Å². The largest absolute Gasteiger partial charge is 0.398 e. The first-order valence-corrected chi connectivity index (χ1v) is 7.89. The molecule has 2 rings (SSSR count). The molecular formula is C15H18N2O2S. The molecule has 2 aromatic carbocycles. The molecule has 0 bridgehead atoms. The molecule has 0 atom stereocenters. The molecule has 0 spiro atoms. The van der Waals surface area contributed by atoms with E-state index < -0.39 is 10.0 Å². The number of nitrogens with two attached hydrogens (primary N) is 1. The highest BCUT2D eigenvalue weighted by Gasteiger charge is 2.17. The third-order valence-electron chi connectivity index (χ3n) is 3.20. The van der Waals surface area contributed by atoms with Crippen LogP contribution in [0.1, 0.15) is 18.1 Å². The van der Waals surface area contributed by atoms with Gasteiger partial charge in [0.2, 0.25) is 0 Å². The molecule has 0 aliphatic carbocycles. The highest BCUT2D eigenvalue weighted by Crippen LogP contribution is 2.23. The summed E-state index contributed by atoms with van der Waals surface area (Å²) in [6.45, 7) is 3.72. The zero-order valence-electron chi connectivity index (χ0n) is 11.6. The van der Waals surface area contributed by atoms with Crippen molar-refractivity contribution in [2.75, 3.05) is 10.5 Å². The fourth-order valence-electron chi connectivity index (χ4n) is 1.99. The van der Waals surface area contributed by atoms with E-state index in [4.69, 9.17) is 5.73 Å². The first-order valence-electron chi connectivity index (χ1n) is 6.41. The van der Waals surface area contributed by atoms with Crippen LogP contribution in [-0.2, 0) is 16.4 Å². The van der Waals surface area contributed by atoms with E-state index in [1.54, 1.807) is 31.2 Å². The topological polar surface area (TPSA) is 72.2 Å². The summed E-state index contributed by atoms with van der Waals surface area (Å²) >= 11 is 0. The average molecular weight is 290 g/mol. The van der Waals surface area contributed by atoms with Crippen LogP contribution >= 0.6 is 0 Å². The molecule has 106 valence electrons. The Morgan fingerprint density at radius 1 is 1.15 bits per heavy atom. The Morgan fingerprint density at radius 3 is 2.55 bits per heavy atom. The minimum Gasteiger partial charge on any atom is -0.398 e. The van der Waals surface area contributed by atoms with Gasteiger partial charge in [-0.25, -0.2) is 8.42 Å². The lowest BCUT2D eigenvalue weighted by Crippen LogP contribution is -2.15. The number of rotatable bonds is 4. The van der Waals surface area contributed by atoms with Crippen molar-refractivity contribution in [2.24, 2.45) is 0 Å². The van der Waals surface area contributed by atoms with E-state index in [2.05, 4.69) is 4.72 Å². The lowest BCUT2D eigenvalue weighted by Gasteiger charge is -2.12. The molecule has 0 saturated heterocycles. The van der Waals surface area contributed by atoms with Crippen LogP contribution in [0.3, 0.4) is 0 Å². The smallest absolute Gasteiger partial charge is 0.262 e. The van der Waals surface area contributed by atoms with Crippen molar-refractivity contribution in [3.63, 3.8) is 0 Å². The summed E-state index contributed by atoms with van der Waals surface area (Å²) in [7, 11) is -3.62. The molecule has 0 amide bonds. The van der Waals surface area contributed by atoms with Gasteiger partial charge in [-0.3, -0.25) is 4.72 Å². The van der Waals surface area contributed by atoms with Crippen LogP contribution in [0, 0.1) is 6.92 Å². The van der Waals surface area contributed by atoms with E-state index in [1.165, 1.54) is 0 Å². The van der Waals surface area contributed by atoms with E-state index in [9.17, 15) is 8.42 Å². The first-order chi connectivity index (χ1) is 9.44. The van der Waals surface area contributed by atoms with Crippen LogP contribution in [-0.4, -0.2) is 8.42 Å². The number of hydrogen-bond donors (Lipinski definition) is 2. The first kappa shape index (κ1) is 14.4. The van der Waals surface area contributed by atoms with Gasteiger partial charge in [0.1, 0.15) is 0 Å². The Bertz CT molecular complexity index is 724. The van der Waals surface area contributed by atoms with E-state index in [1.807, 2.05) is 25.1 Å². The summed E-state index contributed by atoms with van der Waals surface area (Å²) in [4.78, 5) is 0.208. The van der Waals surface area contributed by atoms with Gasteiger partial charge in [0.25, 0.3) is 10.0 Å². The maximum Gasteiger partial charge on any atom is 0.262 e. The molecule has 0 unspecified atom stereocenters. The maximum atomic E-state index is 12.4. The number of hydrogen-bond acceptors (Lipinski definition) is 3. The zero-order valence-corrected chi connectivity index (χ0v) is 12.4. The van der Waals surface area contributed by atoms with Gasteiger partial charge in [-0.05, 0) is 48.7 Å². The predicted octanol–water partition coefficient (Wildman–Crippen LogP) is 2.94. The van der Waals surface area contributed by atoms with Gasteiger partial charge in [-0.15, -0.1) is 0 Å². The minimum absolute atomic E-state index is 0.208. The monoisotopic (exact) mass is 290 g/mol. The van der Waals surface area contributed by atoms with Crippen molar-refractivity contribution in [1.82, 2.24) is 0 Å². The van der Waals surface area contributed by atoms with Crippen LogP contribution in [0.4, 0.5) is 11.4 Å². The summed E-state index contributed by atoms with van der Waals surface area (Å²) in [5.74, 6) is 0. The van der Waals surface area contributed by atoms with Crippen LogP contribution in [0.25, 0.3) is 0 Å². The summed E-state index contributed by atoms with van der Waals surface area (Å²) in [6.07, 6.45) is 0.854. The lowest BCUT2D eigenvalue weighted by atomic mass is 10.1. The minimum atomic E-state index is -3.62. The second-order valence-electron chi connectivity index (χ2n) is 4.63. The molecule has 0 aromatic heterocycles. The molecular weight excluding hydrogens is 272 g/mol. The number of nitrogens with one attached hydrogen (secondary N) is 1. The Kier molecular flexibility index (Phi) is 3.99. The molecule has 0 heterocycles. The van der Waals surface area contributed by atoms with Gasteiger partial charge in [-0.1, -0.05) is 25.1 Å². The molecule has 0 radical (unpaired) electrons. The Hall–Kier alpha value is -2.01. The number of nitrogen functional groups attached to an aromatic ring is 1.